The zero-order valence-electron chi connectivity index (χ0n) is 12.9. The summed E-state index contributed by atoms with van der Waals surface area (Å²) >= 11 is 2.16. The normalized spacial score (nSPS) is 12.0. The number of hydrogen-bond acceptors (Lipinski definition) is 2. The van der Waals surface area contributed by atoms with Crippen LogP contribution < -0.4 is 5.32 Å². The van der Waals surface area contributed by atoms with E-state index < -0.39 is 6.04 Å². The number of hydrogen-bond donors (Lipinski definition) is 1. The molecule has 0 spiro atoms. The van der Waals surface area contributed by atoms with Gasteiger partial charge in [0.1, 0.15) is 17.7 Å². The Morgan fingerprint density at radius 2 is 2.04 bits per heavy atom. The highest BCUT2D eigenvalue weighted by Crippen LogP contribution is 2.22. The quantitative estimate of drug-likeness (QED) is 0.636. The van der Waals surface area contributed by atoms with E-state index in [1.807, 2.05) is 23.7 Å². The van der Waals surface area contributed by atoms with Crippen molar-refractivity contribution in [3.8, 4) is 0 Å². The number of amides is 1. The van der Waals surface area contributed by atoms with Gasteiger partial charge in [0.25, 0.3) is 5.91 Å². The number of benzene rings is 2. The van der Waals surface area contributed by atoms with Crippen LogP contribution in [0.25, 0.3) is 0 Å². The Bertz CT molecular complexity index is 878. The van der Waals surface area contributed by atoms with Gasteiger partial charge in [-0.25, -0.2) is 9.37 Å². The first kappa shape index (κ1) is 16.6. The molecule has 1 aromatic heterocycles. The molecule has 1 amide bonds. The maximum Gasteiger partial charge on any atom is 0.252 e. The van der Waals surface area contributed by atoms with Gasteiger partial charge in [-0.05, 0) is 58.5 Å². The molecular weight excluding hydrogens is 420 g/mol. The Morgan fingerprint density at radius 3 is 2.71 bits per heavy atom. The first-order valence-electron chi connectivity index (χ1n) is 7.34. The maximum absolute atomic E-state index is 13.6. The van der Waals surface area contributed by atoms with Crippen LogP contribution in [0.2, 0.25) is 0 Å². The molecule has 122 valence electrons. The van der Waals surface area contributed by atoms with Crippen LogP contribution in [0.5, 0.6) is 0 Å². The van der Waals surface area contributed by atoms with Gasteiger partial charge in [0.15, 0.2) is 0 Å². The summed E-state index contributed by atoms with van der Waals surface area (Å²) in [6.07, 6.45) is 3.44. The lowest BCUT2D eigenvalue weighted by atomic mass is 10.0. The minimum absolute atomic E-state index is 0.231. The molecule has 2 aromatic carbocycles. The van der Waals surface area contributed by atoms with Crippen LogP contribution >= 0.6 is 22.6 Å². The number of carbonyl (C=O) groups is 1. The standard InChI is InChI=1S/C18H15FIN3O/c1-23-9-8-21-17(23)16(12-4-2-6-14(19)10-12)22-18(24)13-5-3-7-15(20)11-13/h2-11,16H,1H3,(H,22,24). The molecule has 0 fully saturated rings. The van der Waals surface area contributed by atoms with E-state index in [0.29, 0.717) is 17.0 Å². The second kappa shape index (κ2) is 7.12. The molecule has 24 heavy (non-hydrogen) atoms. The van der Waals surface area contributed by atoms with E-state index in [1.54, 1.807) is 36.7 Å². The summed E-state index contributed by atoms with van der Waals surface area (Å²) in [6, 6.07) is 12.9. The summed E-state index contributed by atoms with van der Waals surface area (Å²) in [5.74, 6) is 0.0561. The van der Waals surface area contributed by atoms with Gasteiger partial charge in [0, 0.05) is 28.6 Å². The molecular formula is C18H15FIN3O. The SMILES string of the molecule is Cn1ccnc1C(NC(=O)c1cccc(I)c1)c1cccc(F)c1. The monoisotopic (exact) mass is 435 g/mol. The molecule has 1 unspecified atom stereocenters. The predicted molar refractivity (Wildman–Crippen MR) is 98.1 cm³/mol. The van der Waals surface area contributed by atoms with Crippen LogP contribution in [0.3, 0.4) is 0 Å². The van der Waals surface area contributed by atoms with Crippen LogP contribution in [0.4, 0.5) is 4.39 Å². The van der Waals surface area contributed by atoms with E-state index in [0.717, 1.165) is 3.57 Å². The Balaban J connectivity index is 1.96. The minimum Gasteiger partial charge on any atom is -0.338 e. The zero-order chi connectivity index (χ0) is 17.1. The Hall–Kier alpha value is -2.22. The van der Waals surface area contributed by atoms with E-state index in [4.69, 9.17) is 0 Å². The van der Waals surface area contributed by atoms with Crippen LogP contribution in [0, 0.1) is 9.39 Å². The fraction of sp³-hybridized carbons (Fsp3) is 0.111. The average molecular weight is 435 g/mol. The van der Waals surface area contributed by atoms with Crippen molar-refractivity contribution in [1.82, 2.24) is 14.9 Å². The molecule has 3 rings (SSSR count). The smallest absolute Gasteiger partial charge is 0.252 e. The third-order valence-electron chi connectivity index (χ3n) is 3.66. The number of imidazole rings is 1. The number of aryl methyl sites for hydroxylation is 1. The number of carbonyl (C=O) groups excluding carboxylic acids is 1. The van der Waals surface area contributed by atoms with Crippen molar-refractivity contribution in [2.75, 3.05) is 0 Å². The fourth-order valence-electron chi connectivity index (χ4n) is 2.48. The lowest BCUT2D eigenvalue weighted by Gasteiger charge is -2.19. The summed E-state index contributed by atoms with van der Waals surface area (Å²) in [6.45, 7) is 0. The molecule has 0 saturated heterocycles. The van der Waals surface area contributed by atoms with Crippen molar-refractivity contribution >= 4 is 28.5 Å². The maximum atomic E-state index is 13.6. The molecule has 0 aliphatic rings. The minimum atomic E-state index is -0.536. The molecule has 3 aromatic rings. The topological polar surface area (TPSA) is 46.9 Å². The second-order valence-corrected chi connectivity index (χ2v) is 6.61. The first-order valence-corrected chi connectivity index (χ1v) is 8.41. The summed E-state index contributed by atoms with van der Waals surface area (Å²) in [5, 5.41) is 2.96. The second-order valence-electron chi connectivity index (χ2n) is 5.37. The van der Waals surface area contributed by atoms with Gasteiger partial charge in [-0.15, -0.1) is 0 Å². The lowest BCUT2D eigenvalue weighted by Crippen LogP contribution is -2.31. The van der Waals surface area contributed by atoms with Crippen molar-refractivity contribution in [1.29, 1.82) is 0 Å². The molecule has 0 radical (unpaired) electrons. The number of nitrogens with one attached hydrogen (secondary N) is 1. The number of rotatable bonds is 4. The summed E-state index contributed by atoms with van der Waals surface area (Å²) < 4.78 is 16.4. The molecule has 0 aliphatic heterocycles. The third kappa shape index (κ3) is 3.64. The van der Waals surface area contributed by atoms with Gasteiger partial charge >= 0.3 is 0 Å². The van der Waals surface area contributed by atoms with Crippen molar-refractivity contribution in [3.05, 3.63) is 87.3 Å². The van der Waals surface area contributed by atoms with Gasteiger partial charge in [-0.1, -0.05) is 18.2 Å². The molecule has 0 bridgehead atoms. The molecule has 6 heteroatoms. The first-order chi connectivity index (χ1) is 11.5. The van der Waals surface area contributed by atoms with Crippen molar-refractivity contribution in [2.45, 2.75) is 6.04 Å². The molecule has 4 nitrogen and oxygen atoms in total. The Kier molecular flexibility index (Phi) is 4.94. The highest BCUT2D eigenvalue weighted by atomic mass is 127. The highest BCUT2D eigenvalue weighted by Gasteiger charge is 2.22. The van der Waals surface area contributed by atoms with Crippen LogP contribution in [0.15, 0.2) is 60.9 Å². The largest absolute Gasteiger partial charge is 0.338 e. The van der Waals surface area contributed by atoms with Gasteiger partial charge in [-0.2, -0.15) is 0 Å². The molecule has 1 heterocycles. The number of aromatic nitrogens is 2. The highest BCUT2D eigenvalue weighted by molar-refractivity contribution is 14.1. The van der Waals surface area contributed by atoms with Crippen molar-refractivity contribution < 1.29 is 9.18 Å². The lowest BCUT2D eigenvalue weighted by molar-refractivity contribution is 0.0941. The van der Waals surface area contributed by atoms with Crippen molar-refractivity contribution in [2.24, 2.45) is 7.05 Å². The van der Waals surface area contributed by atoms with E-state index >= 15 is 0 Å². The summed E-state index contributed by atoms with van der Waals surface area (Å²) in [7, 11) is 1.84. The van der Waals surface area contributed by atoms with E-state index in [2.05, 4.69) is 32.9 Å². The van der Waals surface area contributed by atoms with E-state index in [-0.39, 0.29) is 11.7 Å². The van der Waals surface area contributed by atoms with E-state index in [9.17, 15) is 9.18 Å². The van der Waals surface area contributed by atoms with Gasteiger partial charge in [0.05, 0.1) is 0 Å². The molecule has 1 N–H and O–H groups in total. The Morgan fingerprint density at radius 1 is 1.25 bits per heavy atom. The summed E-state index contributed by atoms with van der Waals surface area (Å²) in [4.78, 5) is 16.9. The fourth-order valence-corrected chi connectivity index (χ4v) is 3.03. The van der Waals surface area contributed by atoms with Crippen LogP contribution in [0.1, 0.15) is 27.8 Å². The van der Waals surface area contributed by atoms with Gasteiger partial charge in [-0.3, -0.25) is 4.79 Å². The van der Waals surface area contributed by atoms with Gasteiger partial charge in [0.2, 0.25) is 0 Å². The Labute approximate surface area is 152 Å². The van der Waals surface area contributed by atoms with Gasteiger partial charge < -0.3 is 9.88 Å². The number of halogens is 2. The van der Waals surface area contributed by atoms with Crippen LogP contribution in [-0.2, 0) is 7.05 Å². The predicted octanol–water partition coefficient (Wildman–Crippen LogP) is 3.68. The molecule has 1 atom stereocenters. The number of nitrogens with zero attached hydrogens (tertiary/aromatic N) is 2. The molecule has 0 aliphatic carbocycles. The van der Waals surface area contributed by atoms with Crippen molar-refractivity contribution in [3.63, 3.8) is 0 Å². The molecule has 0 saturated carbocycles. The summed E-state index contributed by atoms with van der Waals surface area (Å²) in [5.41, 5.74) is 1.20. The average Bonchev–Trinajstić information content (AvgIpc) is 2.98. The van der Waals surface area contributed by atoms with Crippen LogP contribution in [-0.4, -0.2) is 15.5 Å². The zero-order valence-corrected chi connectivity index (χ0v) is 15.1. The third-order valence-corrected chi connectivity index (χ3v) is 4.33. The van der Waals surface area contributed by atoms with E-state index in [1.165, 1.54) is 12.1 Å².